The first-order chi connectivity index (χ1) is 13.4. The lowest BCUT2D eigenvalue weighted by Gasteiger charge is -2.26. The first kappa shape index (κ1) is 20.9. The molecule has 146 valence electrons. The van der Waals surface area contributed by atoms with Crippen molar-refractivity contribution in [1.29, 1.82) is 0 Å². The van der Waals surface area contributed by atoms with Gasteiger partial charge in [0.1, 0.15) is 0 Å². The quantitative estimate of drug-likeness (QED) is 0.520. The Morgan fingerprint density at radius 2 is 1.46 bits per heavy atom. The maximum atomic E-state index is 12.8. The van der Waals surface area contributed by atoms with E-state index in [1.54, 1.807) is 30.3 Å². The van der Waals surface area contributed by atoms with Crippen LogP contribution in [0.25, 0.3) is 0 Å². The highest BCUT2D eigenvalue weighted by Gasteiger charge is 2.26. The second-order valence-corrected chi connectivity index (χ2v) is 9.24. The normalized spacial score (nSPS) is 13.8. The predicted molar refractivity (Wildman–Crippen MR) is 116 cm³/mol. The van der Waals surface area contributed by atoms with Gasteiger partial charge in [-0.3, -0.25) is 0 Å². The molecule has 2 atom stereocenters. The second-order valence-electron chi connectivity index (χ2n) is 6.68. The van der Waals surface area contributed by atoms with Crippen molar-refractivity contribution in [1.82, 2.24) is 4.72 Å². The van der Waals surface area contributed by atoms with Crippen LogP contribution in [0, 0.1) is 0 Å². The fraction of sp³-hybridized carbons (Fsp3) is 0.182. The number of hydrogen-bond donors (Lipinski definition) is 1. The summed E-state index contributed by atoms with van der Waals surface area (Å²) in [5, 5.41) is 1.28. The molecule has 0 spiro atoms. The summed E-state index contributed by atoms with van der Waals surface area (Å²) in [7, 11) is -3.64. The topological polar surface area (TPSA) is 46.2 Å². The Labute approximate surface area is 176 Å². The van der Waals surface area contributed by atoms with Gasteiger partial charge in [0.25, 0.3) is 0 Å². The van der Waals surface area contributed by atoms with Gasteiger partial charge in [0.15, 0.2) is 0 Å². The maximum Gasteiger partial charge on any atom is 0.240 e. The Morgan fingerprint density at radius 1 is 0.857 bits per heavy atom. The Hall–Kier alpha value is -1.85. The number of rotatable bonds is 7. The van der Waals surface area contributed by atoms with Crippen molar-refractivity contribution in [3.63, 3.8) is 0 Å². The highest BCUT2D eigenvalue weighted by atomic mass is 35.5. The predicted octanol–water partition coefficient (Wildman–Crippen LogP) is 5.69. The van der Waals surface area contributed by atoms with Crippen LogP contribution in [-0.2, 0) is 16.4 Å². The van der Waals surface area contributed by atoms with Crippen LogP contribution in [0.3, 0.4) is 0 Å². The molecule has 0 amide bonds. The molecule has 3 nitrogen and oxygen atoms in total. The average Bonchev–Trinajstić information content (AvgIpc) is 2.68. The van der Waals surface area contributed by atoms with Crippen LogP contribution in [0.1, 0.15) is 24.0 Å². The molecule has 28 heavy (non-hydrogen) atoms. The average molecular weight is 434 g/mol. The van der Waals surface area contributed by atoms with Crippen LogP contribution in [0.15, 0.2) is 83.8 Å². The first-order valence-electron chi connectivity index (χ1n) is 8.93. The van der Waals surface area contributed by atoms with Crippen molar-refractivity contribution < 1.29 is 8.42 Å². The van der Waals surface area contributed by atoms with E-state index >= 15 is 0 Å². The largest absolute Gasteiger partial charge is 0.240 e. The Kier molecular flexibility index (Phi) is 6.78. The molecular weight excluding hydrogens is 413 g/mol. The molecule has 0 saturated carbocycles. The van der Waals surface area contributed by atoms with Crippen molar-refractivity contribution in [2.45, 2.75) is 30.2 Å². The van der Waals surface area contributed by atoms with E-state index in [9.17, 15) is 8.42 Å². The van der Waals surface area contributed by atoms with E-state index < -0.39 is 10.0 Å². The minimum atomic E-state index is -3.64. The standard InChI is InChI=1S/C22H21Cl2NO2S/c1-16(25-28(26,27)19-7-3-2-4-8-19)21(20-9-5-6-10-22(20)24)15-17-11-13-18(23)14-12-17/h2-14,16,21,25H,15H2,1H3. The smallest absolute Gasteiger partial charge is 0.208 e. The molecule has 0 aliphatic heterocycles. The molecule has 0 bridgehead atoms. The third kappa shape index (κ3) is 5.15. The number of halogens is 2. The van der Waals surface area contributed by atoms with Gasteiger partial charge in [-0.15, -0.1) is 0 Å². The van der Waals surface area contributed by atoms with E-state index in [0.717, 1.165) is 11.1 Å². The number of benzene rings is 3. The summed E-state index contributed by atoms with van der Waals surface area (Å²) < 4.78 is 28.4. The van der Waals surface area contributed by atoms with Gasteiger partial charge >= 0.3 is 0 Å². The van der Waals surface area contributed by atoms with Crippen molar-refractivity contribution in [2.24, 2.45) is 0 Å². The molecule has 3 aromatic carbocycles. The van der Waals surface area contributed by atoms with Crippen LogP contribution in [0.4, 0.5) is 0 Å². The van der Waals surface area contributed by atoms with Crippen molar-refractivity contribution >= 4 is 33.2 Å². The lowest BCUT2D eigenvalue weighted by molar-refractivity contribution is 0.503. The Morgan fingerprint density at radius 3 is 2.11 bits per heavy atom. The Balaban J connectivity index is 1.91. The molecule has 3 aromatic rings. The minimum absolute atomic E-state index is 0.145. The Bertz CT molecular complexity index is 1020. The van der Waals surface area contributed by atoms with Crippen LogP contribution in [0.2, 0.25) is 10.0 Å². The van der Waals surface area contributed by atoms with E-state index in [1.807, 2.05) is 55.5 Å². The molecule has 0 radical (unpaired) electrons. The molecule has 0 saturated heterocycles. The lowest BCUT2D eigenvalue weighted by atomic mass is 9.87. The molecule has 0 heterocycles. The zero-order chi connectivity index (χ0) is 20.1. The molecule has 2 unspecified atom stereocenters. The minimum Gasteiger partial charge on any atom is -0.208 e. The van der Waals surface area contributed by atoms with Gasteiger partial charge in [0.2, 0.25) is 10.0 Å². The van der Waals surface area contributed by atoms with Crippen LogP contribution in [0.5, 0.6) is 0 Å². The summed E-state index contributed by atoms with van der Waals surface area (Å²) in [6.45, 7) is 1.87. The molecule has 0 aliphatic carbocycles. The summed E-state index contributed by atoms with van der Waals surface area (Å²) in [4.78, 5) is 0.242. The first-order valence-corrected chi connectivity index (χ1v) is 11.2. The van der Waals surface area contributed by atoms with Crippen molar-refractivity contribution in [3.8, 4) is 0 Å². The summed E-state index contributed by atoms with van der Waals surface area (Å²) >= 11 is 12.4. The van der Waals surface area contributed by atoms with Gasteiger partial charge < -0.3 is 0 Å². The van der Waals surface area contributed by atoms with Crippen molar-refractivity contribution in [3.05, 3.63) is 100 Å². The fourth-order valence-electron chi connectivity index (χ4n) is 3.20. The molecule has 0 aliphatic rings. The third-order valence-electron chi connectivity index (χ3n) is 4.67. The second kappa shape index (κ2) is 9.10. The van der Waals surface area contributed by atoms with Gasteiger partial charge in [0, 0.05) is 22.0 Å². The van der Waals surface area contributed by atoms with Gasteiger partial charge in [-0.1, -0.05) is 71.7 Å². The van der Waals surface area contributed by atoms with Gasteiger partial charge in [0.05, 0.1) is 4.90 Å². The van der Waals surface area contributed by atoms with E-state index in [4.69, 9.17) is 23.2 Å². The summed E-state index contributed by atoms with van der Waals surface area (Å²) in [6.07, 6.45) is 0.624. The third-order valence-corrected chi connectivity index (χ3v) is 6.84. The monoisotopic (exact) mass is 433 g/mol. The molecular formula is C22H21Cl2NO2S. The molecule has 1 N–H and O–H groups in total. The van der Waals surface area contributed by atoms with Crippen molar-refractivity contribution in [2.75, 3.05) is 0 Å². The highest BCUT2D eigenvalue weighted by Crippen LogP contribution is 2.31. The van der Waals surface area contributed by atoms with Crippen LogP contribution in [-0.4, -0.2) is 14.5 Å². The lowest BCUT2D eigenvalue weighted by Crippen LogP contribution is -2.38. The summed E-state index contributed by atoms with van der Waals surface area (Å²) in [5.41, 5.74) is 1.96. The maximum absolute atomic E-state index is 12.8. The van der Waals surface area contributed by atoms with Crippen LogP contribution < -0.4 is 4.72 Å². The number of sulfonamides is 1. The molecule has 3 rings (SSSR count). The fourth-order valence-corrected chi connectivity index (χ4v) is 4.91. The van der Waals surface area contributed by atoms with E-state index in [1.165, 1.54) is 0 Å². The SMILES string of the molecule is CC(NS(=O)(=O)c1ccccc1)C(Cc1ccc(Cl)cc1)c1ccccc1Cl. The van der Waals surface area contributed by atoms with Gasteiger partial charge in [-0.05, 0) is 54.8 Å². The zero-order valence-corrected chi connectivity index (χ0v) is 17.7. The molecule has 0 aromatic heterocycles. The van der Waals surface area contributed by atoms with Gasteiger partial charge in [-0.2, -0.15) is 0 Å². The zero-order valence-electron chi connectivity index (χ0n) is 15.3. The molecule has 0 fully saturated rings. The summed E-state index contributed by atoms with van der Waals surface area (Å²) in [6, 6.07) is 23.1. The van der Waals surface area contributed by atoms with Crippen LogP contribution >= 0.6 is 23.2 Å². The highest BCUT2D eigenvalue weighted by molar-refractivity contribution is 7.89. The van der Waals surface area contributed by atoms with E-state index in [-0.39, 0.29) is 16.9 Å². The molecule has 6 heteroatoms. The summed E-state index contributed by atoms with van der Waals surface area (Å²) in [5.74, 6) is -0.145. The van der Waals surface area contributed by atoms with E-state index in [0.29, 0.717) is 16.5 Å². The number of hydrogen-bond acceptors (Lipinski definition) is 2. The van der Waals surface area contributed by atoms with E-state index in [2.05, 4.69) is 4.72 Å². The van der Waals surface area contributed by atoms with Gasteiger partial charge in [-0.25, -0.2) is 13.1 Å². The number of nitrogens with one attached hydrogen (secondary N) is 1.